The second-order valence-corrected chi connectivity index (χ2v) is 6.68. The molecule has 0 aromatic carbocycles. The molecule has 0 amide bonds. The predicted molar refractivity (Wildman–Crippen MR) is 92.1 cm³/mol. The third-order valence-electron chi connectivity index (χ3n) is 3.59. The van der Waals surface area contributed by atoms with E-state index in [0.29, 0.717) is 3.57 Å². The zero-order valence-electron chi connectivity index (χ0n) is 11.9. The zero-order valence-corrected chi connectivity index (χ0v) is 15.0. The van der Waals surface area contributed by atoms with Crippen LogP contribution in [0, 0.1) is 15.9 Å². The number of aryl methyl sites for hydroxylation is 1. The fraction of sp³-hybridized carbons (Fsp3) is 0.714. The summed E-state index contributed by atoms with van der Waals surface area (Å²) in [6.07, 6.45) is 6.08. The van der Waals surface area contributed by atoms with E-state index in [0.717, 1.165) is 43.8 Å². The van der Waals surface area contributed by atoms with Gasteiger partial charge in [0.2, 0.25) is 0 Å². The topological polar surface area (TPSA) is 34.9 Å². The van der Waals surface area contributed by atoms with Crippen molar-refractivity contribution in [3.05, 3.63) is 25.9 Å². The summed E-state index contributed by atoms with van der Waals surface area (Å²) in [6.45, 7) is 7.01. The smallest absolute Gasteiger partial charge is 0.266 e. The van der Waals surface area contributed by atoms with Gasteiger partial charge in [0.15, 0.2) is 0 Å². The maximum Gasteiger partial charge on any atom is 0.266 e. The Morgan fingerprint density at radius 1 is 1.37 bits per heavy atom. The van der Waals surface area contributed by atoms with Gasteiger partial charge in [-0.3, -0.25) is 9.36 Å². The van der Waals surface area contributed by atoms with Crippen LogP contribution in [0.1, 0.15) is 45.4 Å². The molecule has 0 unspecified atom stereocenters. The van der Waals surface area contributed by atoms with Crippen molar-refractivity contribution in [2.24, 2.45) is 5.41 Å². The lowest BCUT2D eigenvalue weighted by Gasteiger charge is -2.33. The van der Waals surface area contributed by atoms with Crippen molar-refractivity contribution < 1.29 is 0 Å². The van der Waals surface area contributed by atoms with Gasteiger partial charge >= 0.3 is 0 Å². The van der Waals surface area contributed by atoms with E-state index in [2.05, 4.69) is 54.1 Å². The van der Waals surface area contributed by atoms with Crippen LogP contribution in [0.3, 0.4) is 0 Å². The highest BCUT2D eigenvalue weighted by Gasteiger charge is 2.28. The first-order chi connectivity index (χ1) is 8.99. The van der Waals surface area contributed by atoms with Crippen molar-refractivity contribution in [3.8, 4) is 0 Å². The molecule has 0 spiro atoms. The predicted octanol–water partition coefficient (Wildman–Crippen LogP) is 3.67. The van der Waals surface area contributed by atoms with E-state index >= 15 is 0 Å². The van der Waals surface area contributed by atoms with Crippen LogP contribution in [0.25, 0.3) is 0 Å². The number of aromatic nitrogens is 2. The number of nitrogens with zero attached hydrogens (tertiary/aromatic N) is 2. The van der Waals surface area contributed by atoms with Crippen LogP contribution in [0.4, 0.5) is 0 Å². The van der Waals surface area contributed by atoms with Crippen molar-refractivity contribution in [3.63, 3.8) is 0 Å². The summed E-state index contributed by atoms with van der Waals surface area (Å²) in [5.41, 5.74) is 0.180. The Morgan fingerprint density at radius 3 is 2.42 bits per heavy atom. The molecule has 1 aromatic heterocycles. The van der Waals surface area contributed by atoms with Crippen molar-refractivity contribution in [2.75, 3.05) is 5.75 Å². The molecular formula is C14H23IN2OS. The standard InChI is InChI=1S/C14H23IN2OS/c1-4-6-14(10-19,7-5-2)9-17-11(3)16-8-12(15)13(17)18/h8,19H,4-7,9-10H2,1-3H3. The fourth-order valence-corrected chi connectivity index (χ4v) is 3.47. The van der Waals surface area contributed by atoms with E-state index in [1.807, 2.05) is 11.5 Å². The van der Waals surface area contributed by atoms with Gasteiger partial charge in [0.1, 0.15) is 5.82 Å². The summed E-state index contributed by atoms with van der Waals surface area (Å²) >= 11 is 6.61. The first-order valence-corrected chi connectivity index (χ1v) is 8.53. The molecule has 1 heterocycles. The Balaban J connectivity index is 3.16. The SMILES string of the molecule is CCCC(CS)(CCC)Cn1c(C)ncc(I)c1=O. The Hall–Kier alpha value is -0.0400. The first-order valence-electron chi connectivity index (χ1n) is 6.82. The minimum absolute atomic E-state index is 0.0754. The minimum atomic E-state index is 0.0754. The van der Waals surface area contributed by atoms with Gasteiger partial charge in [-0.2, -0.15) is 12.6 Å². The highest BCUT2D eigenvalue weighted by atomic mass is 127. The molecule has 0 atom stereocenters. The molecule has 0 saturated carbocycles. The van der Waals surface area contributed by atoms with Crippen LogP contribution >= 0.6 is 35.2 Å². The van der Waals surface area contributed by atoms with Gasteiger partial charge in [-0.15, -0.1) is 0 Å². The van der Waals surface area contributed by atoms with Gasteiger partial charge < -0.3 is 0 Å². The van der Waals surface area contributed by atoms with Gasteiger partial charge in [-0.05, 0) is 53.5 Å². The van der Waals surface area contributed by atoms with Gasteiger partial charge in [-0.1, -0.05) is 26.7 Å². The number of rotatable bonds is 7. The molecule has 108 valence electrons. The second-order valence-electron chi connectivity index (χ2n) is 5.20. The molecule has 3 nitrogen and oxygen atoms in total. The Labute approximate surface area is 134 Å². The lowest BCUT2D eigenvalue weighted by molar-refractivity contribution is 0.225. The quantitative estimate of drug-likeness (QED) is 0.566. The summed E-state index contributed by atoms with van der Waals surface area (Å²) < 4.78 is 2.51. The molecular weight excluding hydrogens is 371 g/mol. The molecule has 0 aliphatic rings. The van der Waals surface area contributed by atoms with Crippen molar-refractivity contribution >= 4 is 35.2 Å². The van der Waals surface area contributed by atoms with Crippen molar-refractivity contribution in [1.29, 1.82) is 0 Å². The molecule has 0 saturated heterocycles. The number of hydrogen-bond acceptors (Lipinski definition) is 3. The van der Waals surface area contributed by atoms with E-state index in [4.69, 9.17) is 0 Å². The van der Waals surface area contributed by atoms with Crippen LogP contribution in [0.5, 0.6) is 0 Å². The van der Waals surface area contributed by atoms with E-state index in [-0.39, 0.29) is 11.0 Å². The third-order valence-corrected chi connectivity index (χ3v) is 5.01. The molecule has 0 aliphatic heterocycles. The molecule has 1 rings (SSSR count). The molecule has 0 radical (unpaired) electrons. The second kappa shape index (κ2) is 7.67. The summed E-state index contributed by atoms with van der Waals surface area (Å²) in [6, 6.07) is 0. The van der Waals surface area contributed by atoms with Crippen LogP contribution in [0.2, 0.25) is 0 Å². The maximum absolute atomic E-state index is 12.3. The Bertz CT molecular complexity index is 467. The summed E-state index contributed by atoms with van der Waals surface area (Å²) in [5, 5.41) is 0. The van der Waals surface area contributed by atoms with Crippen molar-refractivity contribution in [1.82, 2.24) is 9.55 Å². The molecule has 19 heavy (non-hydrogen) atoms. The molecule has 1 aromatic rings. The molecule has 0 aliphatic carbocycles. The molecule has 0 fully saturated rings. The highest BCUT2D eigenvalue weighted by Crippen LogP contribution is 2.33. The number of halogens is 1. The summed E-state index contributed by atoms with van der Waals surface area (Å²) in [5.74, 6) is 1.61. The van der Waals surface area contributed by atoms with Crippen molar-refractivity contribution in [2.45, 2.75) is 53.0 Å². The maximum atomic E-state index is 12.3. The summed E-state index contributed by atoms with van der Waals surface area (Å²) in [7, 11) is 0. The van der Waals surface area contributed by atoms with Gasteiger partial charge in [-0.25, -0.2) is 4.98 Å². The fourth-order valence-electron chi connectivity index (χ4n) is 2.62. The van der Waals surface area contributed by atoms with E-state index in [9.17, 15) is 4.79 Å². The largest absolute Gasteiger partial charge is 0.295 e. The Kier molecular flexibility index (Phi) is 6.86. The monoisotopic (exact) mass is 394 g/mol. The van der Waals surface area contributed by atoms with E-state index < -0.39 is 0 Å². The highest BCUT2D eigenvalue weighted by molar-refractivity contribution is 14.1. The zero-order chi connectivity index (χ0) is 14.5. The van der Waals surface area contributed by atoms with Crippen LogP contribution in [-0.2, 0) is 6.54 Å². The lowest BCUT2D eigenvalue weighted by atomic mass is 9.81. The van der Waals surface area contributed by atoms with Crippen LogP contribution < -0.4 is 5.56 Å². The summed E-state index contributed by atoms with van der Waals surface area (Å²) in [4.78, 5) is 16.6. The molecule has 0 bridgehead atoms. The minimum Gasteiger partial charge on any atom is -0.295 e. The first kappa shape index (κ1) is 17.0. The van der Waals surface area contributed by atoms with Crippen LogP contribution in [0.15, 0.2) is 11.0 Å². The molecule has 5 heteroatoms. The number of thiol groups is 1. The van der Waals surface area contributed by atoms with Crippen LogP contribution in [-0.4, -0.2) is 15.3 Å². The normalized spacial score (nSPS) is 11.8. The third kappa shape index (κ3) is 4.21. The number of hydrogen-bond donors (Lipinski definition) is 1. The molecule has 0 N–H and O–H groups in total. The van der Waals surface area contributed by atoms with E-state index in [1.165, 1.54) is 0 Å². The average molecular weight is 394 g/mol. The Morgan fingerprint density at radius 2 is 1.95 bits per heavy atom. The van der Waals surface area contributed by atoms with Gasteiger partial charge in [0.05, 0.1) is 3.57 Å². The van der Waals surface area contributed by atoms with Gasteiger partial charge in [0, 0.05) is 12.7 Å². The van der Waals surface area contributed by atoms with Gasteiger partial charge in [0.25, 0.3) is 5.56 Å². The lowest BCUT2D eigenvalue weighted by Crippen LogP contribution is -2.36. The average Bonchev–Trinajstić information content (AvgIpc) is 2.39. The van der Waals surface area contributed by atoms with E-state index in [1.54, 1.807) is 6.20 Å².